The molecule has 1 aliphatic rings. The summed E-state index contributed by atoms with van der Waals surface area (Å²) >= 11 is 0. The van der Waals surface area contributed by atoms with Gasteiger partial charge in [-0.1, -0.05) is 18.2 Å². The molecule has 3 aromatic rings. The molecule has 8 heteroatoms. The quantitative estimate of drug-likeness (QED) is 0.684. The summed E-state index contributed by atoms with van der Waals surface area (Å²) in [7, 11) is 0. The largest absolute Gasteiger partial charge is 0.290 e. The molecule has 28 heavy (non-hydrogen) atoms. The van der Waals surface area contributed by atoms with Gasteiger partial charge >= 0.3 is 0 Å². The Bertz CT molecular complexity index is 1060. The van der Waals surface area contributed by atoms with Gasteiger partial charge in [-0.2, -0.15) is 5.10 Å². The molecule has 0 saturated heterocycles. The van der Waals surface area contributed by atoms with Crippen molar-refractivity contribution in [2.45, 2.75) is 19.3 Å². The zero-order chi connectivity index (χ0) is 19.7. The number of carbonyl (C=O) groups is 2. The Hall–Kier alpha value is -3.55. The summed E-state index contributed by atoms with van der Waals surface area (Å²) in [6.45, 7) is 0. The van der Waals surface area contributed by atoms with Crippen LogP contribution in [0.5, 0.6) is 0 Å². The third-order valence-corrected chi connectivity index (χ3v) is 4.62. The number of carbonyl (C=O) groups excluding carboxylic acids is 2. The first-order valence-electron chi connectivity index (χ1n) is 8.76. The van der Waals surface area contributed by atoms with Gasteiger partial charge in [-0.3, -0.25) is 20.4 Å². The predicted molar refractivity (Wildman–Crippen MR) is 96.9 cm³/mol. The first-order valence-corrected chi connectivity index (χ1v) is 8.76. The smallest absolute Gasteiger partial charge is 0.267 e. The number of nitrogens with one attached hydrogen (secondary N) is 2. The number of halogens is 2. The fourth-order valence-electron chi connectivity index (χ4n) is 3.28. The third kappa shape index (κ3) is 3.24. The van der Waals surface area contributed by atoms with Crippen molar-refractivity contribution < 1.29 is 18.4 Å². The van der Waals surface area contributed by atoms with Gasteiger partial charge in [0.25, 0.3) is 11.8 Å². The van der Waals surface area contributed by atoms with E-state index in [-0.39, 0.29) is 5.69 Å². The molecule has 0 atom stereocenters. The van der Waals surface area contributed by atoms with Crippen LogP contribution in [0.25, 0.3) is 5.69 Å². The number of hydrazine groups is 1. The second-order valence-electron chi connectivity index (χ2n) is 6.41. The first-order chi connectivity index (χ1) is 13.5. The number of fused-ring (bicyclic) bond motifs is 1. The number of aromatic nitrogens is 2. The van der Waals surface area contributed by atoms with Gasteiger partial charge in [0.2, 0.25) is 0 Å². The number of benzene rings is 2. The lowest BCUT2D eigenvalue weighted by atomic mass is 10.2. The van der Waals surface area contributed by atoms with Crippen molar-refractivity contribution in [3.63, 3.8) is 0 Å². The van der Waals surface area contributed by atoms with Gasteiger partial charge in [-0.05, 0) is 43.5 Å². The number of rotatable bonds is 3. The average Bonchev–Trinajstić information content (AvgIpc) is 3.31. The van der Waals surface area contributed by atoms with E-state index < -0.39 is 23.4 Å². The van der Waals surface area contributed by atoms with Crippen LogP contribution in [-0.4, -0.2) is 21.6 Å². The van der Waals surface area contributed by atoms with Crippen LogP contribution in [-0.2, 0) is 12.8 Å². The zero-order valence-corrected chi connectivity index (χ0v) is 14.7. The highest BCUT2D eigenvalue weighted by molar-refractivity contribution is 5.99. The maximum absolute atomic E-state index is 13.6. The highest BCUT2D eigenvalue weighted by Gasteiger charge is 2.27. The average molecular weight is 382 g/mol. The van der Waals surface area contributed by atoms with Crippen molar-refractivity contribution in [2.24, 2.45) is 0 Å². The molecule has 0 fully saturated rings. The molecule has 142 valence electrons. The van der Waals surface area contributed by atoms with Gasteiger partial charge < -0.3 is 0 Å². The number of amides is 2. The third-order valence-electron chi connectivity index (χ3n) is 4.62. The van der Waals surface area contributed by atoms with E-state index >= 15 is 0 Å². The standard InChI is InChI=1S/C20H16F2N4O2/c21-15-10-9-13(11-16(15)22)26-17-8-4-7-14(17)18(25-26)20(28)24-23-19(27)12-5-2-1-3-6-12/h1-3,5-6,9-11H,4,7-8H2,(H,23,27)(H,24,28). The molecule has 1 aliphatic carbocycles. The Morgan fingerprint density at radius 3 is 2.43 bits per heavy atom. The maximum atomic E-state index is 13.6. The molecule has 2 aromatic carbocycles. The molecule has 0 bridgehead atoms. The Kier molecular flexibility index (Phi) is 4.60. The van der Waals surface area contributed by atoms with Crippen LogP contribution in [0.2, 0.25) is 0 Å². The molecular weight excluding hydrogens is 366 g/mol. The van der Waals surface area contributed by atoms with Gasteiger partial charge in [0.1, 0.15) is 0 Å². The van der Waals surface area contributed by atoms with Crippen molar-refractivity contribution in [1.82, 2.24) is 20.6 Å². The molecule has 0 radical (unpaired) electrons. The molecule has 2 N–H and O–H groups in total. The number of hydrogen-bond acceptors (Lipinski definition) is 3. The second-order valence-corrected chi connectivity index (χ2v) is 6.41. The van der Waals surface area contributed by atoms with Crippen LogP contribution in [0.4, 0.5) is 8.78 Å². The minimum absolute atomic E-state index is 0.158. The van der Waals surface area contributed by atoms with E-state index in [0.717, 1.165) is 29.8 Å². The minimum Gasteiger partial charge on any atom is -0.267 e. The molecule has 0 saturated carbocycles. The van der Waals surface area contributed by atoms with Crippen LogP contribution in [0, 0.1) is 11.6 Å². The fourth-order valence-corrected chi connectivity index (χ4v) is 3.28. The summed E-state index contributed by atoms with van der Waals surface area (Å²) in [5, 5.41) is 4.29. The van der Waals surface area contributed by atoms with E-state index in [4.69, 9.17) is 0 Å². The van der Waals surface area contributed by atoms with Gasteiger partial charge in [-0.15, -0.1) is 0 Å². The van der Waals surface area contributed by atoms with Crippen molar-refractivity contribution in [3.8, 4) is 5.69 Å². The molecule has 1 aromatic heterocycles. The Morgan fingerprint density at radius 2 is 1.68 bits per heavy atom. The monoisotopic (exact) mass is 382 g/mol. The lowest BCUT2D eigenvalue weighted by Gasteiger charge is -2.07. The SMILES string of the molecule is O=C(NNC(=O)c1nn(-c2ccc(F)c(F)c2)c2c1CCC2)c1ccccc1. The van der Waals surface area contributed by atoms with E-state index in [0.29, 0.717) is 24.1 Å². The van der Waals surface area contributed by atoms with Crippen molar-refractivity contribution in [2.75, 3.05) is 0 Å². The molecule has 0 spiro atoms. The van der Waals surface area contributed by atoms with E-state index in [9.17, 15) is 18.4 Å². The van der Waals surface area contributed by atoms with Gasteiger partial charge in [0.05, 0.1) is 5.69 Å². The first kappa shape index (κ1) is 17.8. The predicted octanol–water partition coefficient (Wildman–Crippen LogP) is 2.71. The number of nitrogens with zero attached hydrogens (tertiary/aromatic N) is 2. The molecule has 0 aliphatic heterocycles. The highest BCUT2D eigenvalue weighted by atomic mass is 19.2. The summed E-state index contributed by atoms with van der Waals surface area (Å²) in [6, 6.07) is 11.9. The second kappa shape index (κ2) is 7.22. The molecule has 0 unspecified atom stereocenters. The van der Waals surface area contributed by atoms with E-state index in [1.54, 1.807) is 30.3 Å². The Morgan fingerprint density at radius 1 is 0.929 bits per heavy atom. The van der Waals surface area contributed by atoms with Gasteiger partial charge in [-0.25, -0.2) is 13.5 Å². The highest BCUT2D eigenvalue weighted by Crippen LogP contribution is 2.28. The van der Waals surface area contributed by atoms with E-state index in [1.807, 2.05) is 0 Å². The molecule has 4 rings (SSSR count). The number of hydrogen-bond donors (Lipinski definition) is 2. The molecule has 1 heterocycles. The lowest BCUT2D eigenvalue weighted by Crippen LogP contribution is -2.42. The zero-order valence-electron chi connectivity index (χ0n) is 14.7. The topological polar surface area (TPSA) is 76.0 Å². The van der Waals surface area contributed by atoms with Crippen molar-refractivity contribution in [1.29, 1.82) is 0 Å². The summed E-state index contributed by atoms with van der Waals surface area (Å²) in [6.07, 6.45) is 2.15. The normalized spacial score (nSPS) is 12.5. The summed E-state index contributed by atoms with van der Waals surface area (Å²) in [5.41, 5.74) is 7.15. The Balaban J connectivity index is 1.57. The van der Waals surface area contributed by atoms with Crippen LogP contribution >= 0.6 is 0 Å². The van der Waals surface area contributed by atoms with Gasteiger partial charge in [0, 0.05) is 22.9 Å². The summed E-state index contributed by atoms with van der Waals surface area (Å²) in [5.74, 6) is -2.95. The summed E-state index contributed by atoms with van der Waals surface area (Å²) in [4.78, 5) is 24.7. The Labute approximate surface area is 159 Å². The molecule has 2 amide bonds. The molecule has 6 nitrogen and oxygen atoms in total. The van der Waals surface area contributed by atoms with Crippen molar-refractivity contribution in [3.05, 3.63) is 82.7 Å². The van der Waals surface area contributed by atoms with E-state index in [1.165, 1.54) is 10.7 Å². The maximum Gasteiger partial charge on any atom is 0.290 e. The van der Waals surface area contributed by atoms with Crippen LogP contribution in [0.15, 0.2) is 48.5 Å². The van der Waals surface area contributed by atoms with Crippen LogP contribution in [0.3, 0.4) is 0 Å². The van der Waals surface area contributed by atoms with E-state index in [2.05, 4.69) is 16.0 Å². The molecular formula is C20H16F2N4O2. The van der Waals surface area contributed by atoms with Crippen molar-refractivity contribution >= 4 is 11.8 Å². The fraction of sp³-hybridized carbons (Fsp3) is 0.150. The minimum atomic E-state index is -0.985. The summed E-state index contributed by atoms with van der Waals surface area (Å²) < 4.78 is 28.3. The van der Waals surface area contributed by atoms with Gasteiger partial charge in [0.15, 0.2) is 17.3 Å². The van der Waals surface area contributed by atoms with Crippen LogP contribution in [0.1, 0.15) is 38.5 Å². The van der Waals surface area contributed by atoms with Crippen LogP contribution < -0.4 is 10.9 Å². The lowest BCUT2D eigenvalue weighted by molar-refractivity contribution is 0.0843.